The second-order valence-corrected chi connectivity index (χ2v) is 10.6. The topological polar surface area (TPSA) is 83.6 Å². The van der Waals surface area contributed by atoms with Crippen LogP contribution < -0.4 is 9.03 Å². The van der Waals surface area contributed by atoms with Gasteiger partial charge in [-0.05, 0) is 68.5 Å². The zero-order valence-electron chi connectivity index (χ0n) is 15.7. The first kappa shape index (κ1) is 19.7. The van der Waals surface area contributed by atoms with Gasteiger partial charge in [-0.1, -0.05) is 18.2 Å². The first-order valence-electron chi connectivity index (χ1n) is 8.82. The molecule has 2 aromatic rings. The third-order valence-corrected chi connectivity index (χ3v) is 8.18. The van der Waals surface area contributed by atoms with Gasteiger partial charge in [0.2, 0.25) is 10.0 Å². The minimum Gasteiger partial charge on any atom is -0.279 e. The number of sulfonamides is 2. The second-order valence-electron chi connectivity index (χ2n) is 6.92. The molecule has 1 aliphatic heterocycles. The van der Waals surface area contributed by atoms with Crippen LogP contribution >= 0.6 is 0 Å². The SMILES string of the molecule is Cc1cc(N2CCCCS2(=O)=O)ccc1S(=O)(=O)Nc1c(C)cccc1C. The molecular formula is C19H24N2O4S2. The molecule has 0 amide bonds. The Morgan fingerprint density at radius 1 is 0.963 bits per heavy atom. The molecule has 1 heterocycles. The molecule has 0 saturated carbocycles. The van der Waals surface area contributed by atoms with E-state index < -0.39 is 20.0 Å². The smallest absolute Gasteiger partial charge is 0.262 e. The maximum atomic E-state index is 12.9. The van der Waals surface area contributed by atoms with Gasteiger partial charge in [-0.15, -0.1) is 0 Å². The van der Waals surface area contributed by atoms with Crippen LogP contribution in [-0.2, 0) is 20.0 Å². The molecule has 0 aromatic heterocycles. The Labute approximate surface area is 161 Å². The summed E-state index contributed by atoms with van der Waals surface area (Å²) in [4.78, 5) is 0.142. The summed E-state index contributed by atoms with van der Waals surface area (Å²) in [5, 5.41) is 0. The van der Waals surface area contributed by atoms with Gasteiger partial charge in [0, 0.05) is 6.54 Å². The van der Waals surface area contributed by atoms with Crippen LogP contribution in [0.1, 0.15) is 29.5 Å². The van der Waals surface area contributed by atoms with E-state index in [4.69, 9.17) is 0 Å². The van der Waals surface area contributed by atoms with Gasteiger partial charge < -0.3 is 0 Å². The lowest BCUT2D eigenvalue weighted by atomic mass is 10.1. The average molecular weight is 409 g/mol. The van der Waals surface area contributed by atoms with Gasteiger partial charge in [0.15, 0.2) is 0 Å². The zero-order chi connectivity index (χ0) is 19.8. The summed E-state index contributed by atoms with van der Waals surface area (Å²) < 4.78 is 54.4. The average Bonchev–Trinajstić information content (AvgIpc) is 2.57. The van der Waals surface area contributed by atoms with Crippen LogP contribution in [0.25, 0.3) is 0 Å². The summed E-state index contributed by atoms with van der Waals surface area (Å²) >= 11 is 0. The highest BCUT2D eigenvalue weighted by molar-refractivity contribution is 7.93. The van der Waals surface area contributed by atoms with E-state index in [0.717, 1.165) is 17.5 Å². The van der Waals surface area contributed by atoms with Crippen molar-refractivity contribution in [2.75, 3.05) is 21.3 Å². The van der Waals surface area contributed by atoms with Crippen LogP contribution in [0.5, 0.6) is 0 Å². The van der Waals surface area contributed by atoms with Crippen molar-refractivity contribution in [1.29, 1.82) is 0 Å². The van der Waals surface area contributed by atoms with Gasteiger partial charge in [0.05, 0.1) is 22.0 Å². The molecule has 0 unspecified atom stereocenters. The first-order valence-corrected chi connectivity index (χ1v) is 11.9. The number of hydrogen-bond donors (Lipinski definition) is 1. The Morgan fingerprint density at radius 3 is 2.22 bits per heavy atom. The lowest BCUT2D eigenvalue weighted by Gasteiger charge is -2.28. The molecule has 0 aliphatic carbocycles. The highest BCUT2D eigenvalue weighted by atomic mass is 32.2. The Morgan fingerprint density at radius 2 is 1.63 bits per heavy atom. The maximum Gasteiger partial charge on any atom is 0.262 e. The van der Waals surface area contributed by atoms with Gasteiger partial charge >= 0.3 is 0 Å². The fraction of sp³-hybridized carbons (Fsp3) is 0.368. The molecule has 1 aliphatic rings. The van der Waals surface area contributed by atoms with Crippen LogP contribution in [0.15, 0.2) is 41.3 Å². The van der Waals surface area contributed by atoms with Gasteiger partial charge in [0.25, 0.3) is 10.0 Å². The largest absolute Gasteiger partial charge is 0.279 e. The molecule has 0 spiro atoms. The molecule has 8 heteroatoms. The fourth-order valence-corrected chi connectivity index (χ4v) is 6.40. The van der Waals surface area contributed by atoms with Crippen molar-refractivity contribution in [1.82, 2.24) is 0 Å². The fourth-order valence-electron chi connectivity index (χ4n) is 3.33. The molecule has 1 N–H and O–H groups in total. The molecule has 27 heavy (non-hydrogen) atoms. The van der Waals surface area contributed by atoms with Crippen molar-refractivity contribution in [2.24, 2.45) is 0 Å². The Kier molecular flexibility index (Phi) is 5.22. The highest BCUT2D eigenvalue weighted by Gasteiger charge is 2.27. The van der Waals surface area contributed by atoms with Gasteiger partial charge in [-0.3, -0.25) is 9.03 Å². The lowest BCUT2D eigenvalue weighted by molar-refractivity contribution is 0.574. The number of aryl methyl sites for hydroxylation is 3. The van der Waals surface area contributed by atoms with Crippen LogP contribution in [0.2, 0.25) is 0 Å². The van der Waals surface area contributed by atoms with Crippen molar-refractivity contribution < 1.29 is 16.8 Å². The van der Waals surface area contributed by atoms with Crippen molar-refractivity contribution >= 4 is 31.4 Å². The maximum absolute atomic E-state index is 12.9. The number of para-hydroxylation sites is 1. The summed E-state index contributed by atoms with van der Waals surface area (Å²) in [7, 11) is -7.12. The van der Waals surface area contributed by atoms with Crippen LogP contribution in [-0.4, -0.2) is 29.1 Å². The van der Waals surface area contributed by atoms with Crippen LogP contribution in [0.3, 0.4) is 0 Å². The van der Waals surface area contributed by atoms with E-state index in [0.29, 0.717) is 29.9 Å². The number of hydrogen-bond acceptors (Lipinski definition) is 4. The molecule has 146 valence electrons. The summed E-state index contributed by atoms with van der Waals surface area (Å²) in [6, 6.07) is 10.2. The summed E-state index contributed by atoms with van der Waals surface area (Å²) in [5.41, 5.74) is 3.27. The zero-order valence-corrected chi connectivity index (χ0v) is 17.3. The number of nitrogens with one attached hydrogen (secondary N) is 1. The minimum atomic E-state index is -3.78. The molecule has 3 rings (SSSR count). The van der Waals surface area contributed by atoms with E-state index in [1.165, 1.54) is 10.4 Å². The van der Waals surface area contributed by atoms with E-state index in [-0.39, 0.29) is 10.6 Å². The first-order chi connectivity index (χ1) is 12.6. The van der Waals surface area contributed by atoms with Gasteiger partial charge in [-0.2, -0.15) is 0 Å². The van der Waals surface area contributed by atoms with Crippen molar-refractivity contribution in [3.63, 3.8) is 0 Å². The summed E-state index contributed by atoms with van der Waals surface area (Å²) in [6.45, 7) is 5.80. The van der Waals surface area contributed by atoms with E-state index in [2.05, 4.69) is 4.72 Å². The van der Waals surface area contributed by atoms with Crippen LogP contribution in [0, 0.1) is 20.8 Å². The number of nitrogens with zero attached hydrogens (tertiary/aromatic N) is 1. The Bertz CT molecular complexity index is 1060. The molecule has 0 radical (unpaired) electrons. The number of rotatable bonds is 4. The van der Waals surface area contributed by atoms with Crippen LogP contribution in [0.4, 0.5) is 11.4 Å². The quantitative estimate of drug-likeness (QED) is 0.841. The number of anilines is 2. The summed E-state index contributed by atoms with van der Waals surface area (Å²) in [6.07, 6.45) is 1.45. The van der Waals surface area contributed by atoms with Gasteiger partial charge in [0.1, 0.15) is 0 Å². The monoisotopic (exact) mass is 408 g/mol. The second kappa shape index (κ2) is 7.16. The van der Waals surface area contributed by atoms with Gasteiger partial charge in [-0.25, -0.2) is 16.8 Å². The van der Waals surface area contributed by atoms with E-state index in [1.807, 2.05) is 32.0 Å². The molecule has 1 saturated heterocycles. The third kappa shape index (κ3) is 3.96. The van der Waals surface area contributed by atoms with E-state index >= 15 is 0 Å². The third-order valence-electron chi connectivity index (χ3n) is 4.80. The lowest BCUT2D eigenvalue weighted by Crippen LogP contribution is -2.37. The minimum absolute atomic E-state index is 0.125. The molecule has 0 bridgehead atoms. The molecular weight excluding hydrogens is 384 g/mol. The standard InChI is InChI=1S/C19H24N2O4S2/c1-14-7-6-8-15(2)19(14)20-27(24,25)18-10-9-17(13-16(18)3)21-11-4-5-12-26(21,22)23/h6-10,13,20H,4-5,11-12H2,1-3H3. The van der Waals surface area contributed by atoms with Crippen molar-refractivity contribution in [3.05, 3.63) is 53.1 Å². The normalized spacial score (nSPS) is 16.9. The predicted octanol–water partition coefficient (Wildman–Crippen LogP) is 3.34. The Hall–Kier alpha value is -2.06. The molecule has 2 aromatic carbocycles. The van der Waals surface area contributed by atoms with Crippen molar-refractivity contribution in [2.45, 2.75) is 38.5 Å². The summed E-state index contributed by atoms with van der Waals surface area (Å²) in [5.74, 6) is 0.125. The number of benzene rings is 2. The predicted molar refractivity (Wildman–Crippen MR) is 108 cm³/mol. The van der Waals surface area contributed by atoms with E-state index in [1.54, 1.807) is 19.1 Å². The Balaban J connectivity index is 1.96. The molecule has 6 nitrogen and oxygen atoms in total. The molecule has 0 atom stereocenters. The highest BCUT2D eigenvalue weighted by Crippen LogP contribution is 2.29. The van der Waals surface area contributed by atoms with Crippen molar-refractivity contribution in [3.8, 4) is 0 Å². The van der Waals surface area contributed by atoms with E-state index in [9.17, 15) is 16.8 Å². The molecule has 1 fully saturated rings.